The van der Waals surface area contributed by atoms with Crippen molar-refractivity contribution in [2.75, 3.05) is 0 Å². The molecule has 0 amide bonds. The van der Waals surface area contributed by atoms with Gasteiger partial charge in [0.2, 0.25) is 0 Å². The van der Waals surface area contributed by atoms with Crippen LogP contribution in [0.2, 0.25) is 0 Å². The van der Waals surface area contributed by atoms with Gasteiger partial charge in [0.05, 0.1) is 6.57 Å². The minimum Gasteiger partial charge on any atom is -0.246 e. The molecule has 60 valence electrons. The van der Waals surface area contributed by atoms with Crippen LogP contribution in [0.15, 0.2) is 30.5 Å². The maximum absolute atomic E-state index is 6.67. The highest BCUT2D eigenvalue weighted by Crippen LogP contribution is 2.13. The molecule has 12 heavy (non-hydrogen) atoms. The van der Waals surface area contributed by atoms with E-state index in [1.165, 1.54) is 5.56 Å². The number of allylic oxidation sites excluding steroid dienone is 1. The standard InChI is InChI=1S/C11H11N/c1-9-4-6-11(7-5-9)10(2)8-12-3/h4-8H,1-2H3/b10-8+. The Labute approximate surface area is 73.2 Å². The van der Waals surface area contributed by atoms with E-state index >= 15 is 0 Å². The Bertz CT molecular complexity index is 325. The number of hydrogen-bond acceptors (Lipinski definition) is 0. The van der Waals surface area contributed by atoms with E-state index < -0.39 is 0 Å². The summed E-state index contributed by atoms with van der Waals surface area (Å²) in [7, 11) is 0. The van der Waals surface area contributed by atoms with Gasteiger partial charge in [-0.15, -0.1) is 0 Å². The van der Waals surface area contributed by atoms with Gasteiger partial charge in [0.1, 0.15) is 0 Å². The van der Waals surface area contributed by atoms with E-state index in [9.17, 15) is 0 Å². The Kier molecular flexibility index (Phi) is 2.66. The molecule has 0 aliphatic rings. The van der Waals surface area contributed by atoms with Crippen molar-refractivity contribution in [2.45, 2.75) is 13.8 Å². The zero-order valence-electron chi connectivity index (χ0n) is 7.33. The highest BCUT2D eigenvalue weighted by molar-refractivity contribution is 5.64. The van der Waals surface area contributed by atoms with Gasteiger partial charge in [-0.2, -0.15) is 0 Å². The predicted octanol–water partition coefficient (Wildman–Crippen LogP) is 3.28. The number of aryl methyl sites for hydroxylation is 1. The predicted molar refractivity (Wildman–Crippen MR) is 51.4 cm³/mol. The van der Waals surface area contributed by atoms with Crippen LogP contribution in [0.5, 0.6) is 0 Å². The van der Waals surface area contributed by atoms with Gasteiger partial charge in [0.25, 0.3) is 0 Å². The van der Waals surface area contributed by atoms with Crippen LogP contribution in [0.1, 0.15) is 18.1 Å². The van der Waals surface area contributed by atoms with E-state index in [1.807, 2.05) is 19.1 Å². The quantitative estimate of drug-likeness (QED) is 0.551. The van der Waals surface area contributed by atoms with Crippen LogP contribution in [0.4, 0.5) is 0 Å². The van der Waals surface area contributed by atoms with Gasteiger partial charge in [0.15, 0.2) is 6.20 Å². The summed E-state index contributed by atoms with van der Waals surface area (Å²) >= 11 is 0. The van der Waals surface area contributed by atoms with Crippen LogP contribution in [0, 0.1) is 13.5 Å². The molecule has 0 N–H and O–H groups in total. The van der Waals surface area contributed by atoms with Crippen LogP contribution in [-0.2, 0) is 0 Å². The maximum atomic E-state index is 6.67. The van der Waals surface area contributed by atoms with Gasteiger partial charge in [0, 0.05) is 0 Å². The largest absolute Gasteiger partial charge is 0.246 e. The van der Waals surface area contributed by atoms with Gasteiger partial charge in [-0.05, 0) is 25.0 Å². The molecule has 1 aromatic carbocycles. The first-order valence-electron chi connectivity index (χ1n) is 3.84. The lowest BCUT2D eigenvalue weighted by Crippen LogP contribution is -1.78. The van der Waals surface area contributed by atoms with Crippen molar-refractivity contribution < 1.29 is 0 Å². The third-order valence-corrected chi connectivity index (χ3v) is 1.77. The van der Waals surface area contributed by atoms with Crippen molar-refractivity contribution in [3.63, 3.8) is 0 Å². The maximum Gasteiger partial charge on any atom is 0.157 e. The molecule has 0 unspecified atom stereocenters. The molecule has 0 radical (unpaired) electrons. The minimum absolute atomic E-state index is 1.02. The molecule has 0 aliphatic carbocycles. The zero-order valence-corrected chi connectivity index (χ0v) is 7.33. The van der Waals surface area contributed by atoms with Gasteiger partial charge in [-0.1, -0.05) is 29.8 Å². The molecule has 1 heteroatoms. The third-order valence-electron chi connectivity index (χ3n) is 1.77. The second-order valence-corrected chi connectivity index (χ2v) is 2.81. The molecule has 1 aromatic rings. The van der Waals surface area contributed by atoms with E-state index in [4.69, 9.17) is 6.57 Å². The van der Waals surface area contributed by atoms with E-state index in [1.54, 1.807) is 6.20 Å². The molecule has 0 aromatic heterocycles. The second kappa shape index (κ2) is 3.73. The molecule has 0 spiro atoms. The Balaban J connectivity index is 2.99. The van der Waals surface area contributed by atoms with Gasteiger partial charge >= 0.3 is 0 Å². The van der Waals surface area contributed by atoms with Crippen LogP contribution in [0.25, 0.3) is 10.4 Å². The molecule has 0 bridgehead atoms. The first kappa shape index (κ1) is 8.55. The Morgan fingerprint density at radius 3 is 2.42 bits per heavy atom. The second-order valence-electron chi connectivity index (χ2n) is 2.81. The number of rotatable bonds is 1. The van der Waals surface area contributed by atoms with Crippen LogP contribution >= 0.6 is 0 Å². The monoisotopic (exact) mass is 157 g/mol. The fourth-order valence-corrected chi connectivity index (χ4v) is 0.988. The van der Waals surface area contributed by atoms with Gasteiger partial charge < -0.3 is 0 Å². The van der Waals surface area contributed by atoms with Crippen molar-refractivity contribution in [1.82, 2.24) is 0 Å². The molecule has 1 rings (SSSR count). The number of hydrogen-bond donors (Lipinski definition) is 0. The fraction of sp³-hybridized carbons (Fsp3) is 0.182. The summed E-state index contributed by atoms with van der Waals surface area (Å²) in [6, 6.07) is 8.17. The van der Waals surface area contributed by atoms with Crippen LogP contribution in [0.3, 0.4) is 0 Å². The lowest BCUT2D eigenvalue weighted by molar-refractivity contribution is 1.44. The third kappa shape index (κ3) is 1.96. The minimum atomic E-state index is 1.02. The number of benzene rings is 1. The smallest absolute Gasteiger partial charge is 0.157 e. The molecule has 0 saturated carbocycles. The van der Waals surface area contributed by atoms with Gasteiger partial charge in [-0.25, -0.2) is 4.85 Å². The Hall–Kier alpha value is -1.55. The summed E-state index contributed by atoms with van der Waals surface area (Å²) in [6.45, 7) is 10.7. The highest BCUT2D eigenvalue weighted by atomic mass is 14.6. The summed E-state index contributed by atoms with van der Waals surface area (Å²) in [4.78, 5) is 3.22. The average molecular weight is 157 g/mol. The average Bonchev–Trinajstić information content (AvgIpc) is 2.06. The molecule has 0 atom stereocenters. The summed E-state index contributed by atoms with van der Waals surface area (Å²) in [5.74, 6) is 0. The van der Waals surface area contributed by atoms with Gasteiger partial charge in [-0.3, -0.25) is 0 Å². The first-order valence-corrected chi connectivity index (χ1v) is 3.84. The summed E-state index contributed by atoms with van der Waals surface area (Å²) in [6.07, 6.45) is 1.55. The lowest BCUT2D eigenvalue weighted by atomic mass is 10.1. The van der Waals surface area contributed by atoms with E-state index in [-0.39, 0.29) is 0 Å². The van der Waals surface area contributed by atoms with Crippen molar-refractivity contribution in [3.8, 4) is 0 Å². The van der Waals surface area contributed by atoms with Crippen molar-refractivity contribution in [3.05, 3.63) is 53.0 Å². The SMILES string of the molecule is [C-]#[N+]/C=C(\C)c1ccc(C)cc1. The Morgan fingerprint density at radius 1 is 1.33 bits per heavy atom. The normalized spacial score (nSPS) is 10.9. The summed E-state index contributed by atoms with van der Waals surface area (Å²) < 4.78 is 0. The molecule has 0 saturated heterocycles. The molecule has 0 fully saturated rings. The van der Waals surface area contributed by atoms with E-state index in [2.05, 4.69) is 23.9 Å². The molecule has 1 nitrogen and oxygen atoms in total. The molecular formula is C11H11N. The lowest BCUT2D eigenvalue weighted by Gasteiger charge is -1.99. The molecule has 0 aliphatic heterocycles. The van der Waals surface area contributed by atoms with Crippen LogP contribution in [-0.4, -0.2) is 0 Å². The van der Waals surface area contributed by atoms with Crippen molar-refractivity contribution in [1.29, 1.82) is 0 Å². The molecular weight excluding hydrogens is 146 g/mol. The fourth-order valence-electron chi connectivity index (χ4n) is 0.988. The van der Waals surface area contributed by atoms with E-state index in [0.717, 1.165) is 11.1 Å². The van der Waals surface area contributed by atoms with Crippen LogP contribution < -0.4 is 0 Å². The highest BCUT2D eigenvalue weighted by Gasteiger charge is 1.92. The topological polar surface area (TPSA) is 4.36 Å². The van der Waals surface area contributed by atoms with Crippen molar-refractivity contribution >= 4 is 5.57 Å². The molecule has 0 heterocycles. The Morgan fingerprint density at radius 2 is 1.92 bits per heavy atom. The van der Waals surface area contributed by atoms with Crippen molar-refractivity contribution in [2.24, 2.45) is 0 Å². The zero-order chi connectivity index (χ0) is 8.97. The summed E-state index contributed by atoms with van der Waals surface area (Å²) in [5.41, 5.74) is 3.39. The first-order chi connectivity index (χ1) is 5.74. The number of nitrogens with zero attached hydrogens (tertiary/aromatic N) is 1. The van der Waals surface area contributed by atoms with E-state index in [0.29, 0.717) is 0 Å². The summed E-state index contributed by atoms with van der Waals surface area (Å²) in [5, 5.41) is 0.